The maximum absolute atomic E-state index is 14.1. The number of fused-ring (bicyclic) bond motifs is 1. The van der Waals surface area contributed by atoms with Crippen LogP contribution in [0.1, 0.15) is 66.2 Å². The molecule has 4 aromatic rings. The summed E-state index contributed by atoms with van der Waals surface area (Å²) in [6, 6.07) is 31.5. The number of rotatable bonds is 9. The average molecular weight is 588 g/mol. The fourth-order valence-corrected chi connectivity index (χ4v) is 5.88. The number of piperidine rings is 1. The molecule has 1 saturated heterocycles. The zero-order valence-electron chi connectivity index (χ0n) is 25.2. The molecular formula is C37H37N3O4. The van der Waals surface area contributed by atoms with Crippen LogP contribution in [0.25, 0.3) is 10.8 Å². The number of ether oxygens (including phenoxy) is 1. The van der Waals surface area contributed by atoms with Crippen LogP contribution in [0.4, 0.5) is 0 Å². The predicted molar refractivity (Wildman–Crippen MR) is 169 cm³/mol. The van der Waals surface area contributed by atoms with Gasteiger partial charge in [0.05, 0.1) is 23.1 Å². The van der Waals surface area contributed by atoms with Gasteiger partial charge in [-0.05, 0) is 84.8 Å². The summed E-state index contributed by atoms with van der Waals surface area (Å²) in [7, 11) is 0. The molecule has 4 aromatic carbocycles. The van der Waals surface area contributed by atoms with E-state index >= 15 is 0 Å². The van der Waals surface area contributed by atoms with Crippen LogP contribution in [0.2, 0.25) is 0 Å². The summed E-state index contributed by atoms with van der Waals surface area (Å²) in [6.07, 6.45) is 1.75. The summed E-state index contributed by atoms with van der Waals surface area (Å²) >= 11 is 0. The number of amides is 2. The van der Waals surface area contributed by atoms with Gasteiger partial charge >= 0.3 is 5.97 Å². The zero-order chi connectivity index (χ0) is 31.1. The van der Waals surface area contributed by atoms with Gasteiger partial charge in [0.1, 0.15) is 6.61 Å². The Labute approximate surface area is 258 Å². The number of likely N-dealkylation sites (tertiary alicyclic amines) is 1. The minimum atomic E-state index is -0.980. The van der Waals surface area contributed by atoms with E-state index in [1.807, 2.05) is 91.5 Å². The molecule has 1 aliphatic rings. The molecule has 0 bridgehead atoms. The Morgan fingerprint density at radius 2 is 1.57 bits per heavy atom. The number of nitrogens with one attached hydrogen (secondary N) is 1. The van der Waals surface area contributed by atoms with Crippen molar-refractivity contribution in [3.05, 3.63) is 119 Å². The molecule has 224 valence electrons. The van der Waals surface area contributed by atoms with Crippen LogP contribution in [0.3, 0.4) is 0 Å². The van der Waals surface area contributed by atoms with Crippen LogP contribution in [0, 0.1) is 22.7 Å². The number of carbonyl (C=O) groups excluding carboxylic acids is 3. The summed E-state index contributed by atoms with van der Waals surface area (Å²) in [4.78, 5) is 41.9. The van der Waals surface area contributed by atoms with Crippen molar-refractivity contribution in [1.82, 2.24) is 10.2 Å². The molecule has 7 nitrogen and oxygen atoms in total. The largest absolute Gasteiger partial charge is 0.461 e. The van der Waals surface area contributed by atoms with Gasteiger partial charge in [-0.3, -0.25) is 14.4 Å². The first-order chi connectivity index (χ1) is 21.2. The molecule has 1 fully saturated rings. The van der Waals surface area contributed by atoms with Crippen LogP contribution in [-0.2, 0) is 20.9 Å². The fourth-order valence-electron chi connectivity index (χ4n) is 5.88. The van der Waals surface area contributed by atoms with Gasteiger partial charge in [0.2, 0.25) is 5.91 Å². The van der Waals surface area contributed by atoms with Crippen molar-refractivity contribution < 1.29 is 19.1 Å². The summed E-state index contributed by atoms with van der Waals surface area (Å²) < 4.78 is 5.48. The summed E-state index contributed by atoms with van der Waals surface area (Å²) in [5.74, 6) is -0.444. The number of benzene rings is 4. The van der Waals surface area contributed by atoms with Crippen molar-refractivity contribution in [2.24, 2.45) is 11.3 Å². The Balaban J connectivity index is 1.28. The van der Waals surface area contributed by atoms with E-state index in [1.165, 1.54) is 0 Å². The average Bonchev–Trinajstić information content (AvgIpc) is 3.06. The number of hydrogen-bond donors (Lipinski definition) is 1. The first-order valence-electron chi connectivity index (χ1n) is 15.0. The van der Waals surface area contributed by atoms with E-state index in [0.29, 0.717) is 43.5 Å². The van der Waals surface area contributed by atoms with E-state index in [4.69, 9.17) is 10.00 Å². The van der Waals surface area contributed by atoms with Crippen LogP contribution >= 0.6 is 0 Å². The lowest BCUT2D eigenvalue weighted by molar-refractivity contribution is -0.147. The quantitative estimate of drug-likeness (QED) is 0.223. The van der Waals surface area contributed by atoms with Crippen molar-refractivity contribution in [1.29, 1.82) is 5.26 Å². The molecule has 1 unspecified atom stereocenters. The third-order valence-electron chi connectivity index (χ3n) is 8.53. The van der Waals surface area contributed by atoms with E-state index in [1.54, 1.807) is 24.3 Å². The van der Waals surface area contributed by atoms with Crippen molar-refractivity contribution >= 4 is 28.6 Å². The van der Waals surface area contributed by atoms with Crippen molar-refractivity contribution in [2.75, 3.05) is 13.1 Å². The van der Waals surface area contributed by atoms with Gasteiger partial charge in [-0.1, -0.05) is 66.7 Å². The molecule has 0 aliphatic carbocycles. The first-order valence-corrected chi connectivity index (χ1v) is 15.0. The minimum Gasteiger partial charge on any atom is -0.461 e. The highest BCUT2D eigenvalue weighted by Crippen LogP contribution is 2.38. The van der Waals surface area contributed by atoms with Gasteiger partial charge in [-0.25, -0.2) is 0 Å². The minimum absolute atomic E-state index is 0.0547. The van der Waals surface area contributed by atoms with Crippen LogP contribution in [0.15, 0.2) is 97.1 Å². The number of carbonyl (C=O) groups is 3. The molecule has 5 rings (SSSR count). The third kappa shape index (κ3) is 7.15. The highest BCUT2D eigenvalue weighted by atomic mass is 16.5. The molecule has 7 heteroatoms. The van der Waals surface area contributed by atoms with Gasteiger partial charge in [-0.2, -0.15) is 5.26 Å². The van der Waals surface area contributed by atoms with Gasteiger partial charge in [0.15, 0.2) is 0 Å². The highest BCUT2D eigenvalue weighted by molar-refractivity contribution is 5.95. The van der Waals surface area contributed by atoms with Crippen LogP contribution in [-0.4, -0.2) is 35.8 Å². The molecular weight excluding hydrogens is 550 g/mol. The Morgan fingerprint density at radius 1 is 0.909 bits per heavy atom. The molecule has 0 aromatic heterocycles. The van der Waals surface area contributed by atoms with E-state index in [2.05, 4.69) is 11.4 Å². The maximum Gasteiger partial charge on any atom is 0.306 e. The maximum atomic E-state index is 14.1. The molecule has 1 aliphatic heterocycles. The molecule has 1 N–H and O–H groups in total. The van der Waals surface area contributed by atoms with Crippen molar-refractivity contribution in [3.63, 3.8) is 0 Å². The monoisotopic (exact) mass is 587 g/mol. The molecule has 2 amide bonds. The Kier molecular flexibility index (Phi) is 9.40. The summed E-state index contributed by atoms with van der Waals surface area (Å²) in [5, 5.41) is 14.4. The Hall–Kier alpha value is -4.96. The van der Waals surface area contributed by atoms with Gasteiger partial charge in [-0.15, -0.1) is 0 Å². The van der Waals surface area contributed by atoms with Gasteiger partial charge in [0, 0.05) is 25.1 Å². The molecule has 1 atom stereocenters. The number of nitriles is 1. The molecule has 1 heterocycles. The lowest BCUT2D eigenvalue weighted by atomic mass is 9.77. The summed E-state index contributed by atoms with van der Waals surface area (Å²) in [5.41, 5.74) is 1.69. The number of nitrogens with zero attached hydrogens (tertiary/aromatic N) is 2. The molecule has 0 saturated carbocycles. The second-order valence-electron chi connectivity index (χ2n) is 12.0. The SMILES string of the molecule is CC(C)(C(=O)N1CCC(CC(=O)OCc2ccccc2)CC1)C(NC(=O)c1ccc(C#N)cc1)c1ccc2ccccc2c1. The lowest BCUT2D eigenvalue weighted by Crippen LogP contribution is -2.51. The topological polar surface area (TPSA) is 99.5 Å². The third-order valence-corrected chi connectivity index (χ3v) is 8.53. The second kappa shape index (κ2) is 13.6. The van der Waals surface area contributed by atoms with Crippen LogP contribution in [0.5, 0.6) is 0 Å². The predicted octanol–water partition coefficient (Wildman–Crippen LogP) is 6.58. The smallest absolute Gasteiger partial charge is 0.306 e. The van der Waals surface area contributed by atoms with E-state index in [0.717, 1.165) is 21.9 Å². The van der Waals surface area contributed by atoms with Gasteiger partial charge in [0.25, 0.3) is 5.91 Å². The Morgan fingerprint density at radius 3 is 2.25 bits per heavy atom. The second-order valence-corrected chi connectivity index (χ2v) is 12.0. The Bertz CT molecular complexity index is 1670. The zero-order valence-corrected chi connectivity index (χ0v) is 25.2. The van der Waals surface area contributed by atoms with Gasteiger partial charge < -0.3 is 15.0 Å². The molecule has 0 radical (unpaired) electrons. The molecule has 44 heavy (non-hydrogen) atoms. The standard InChI is InChI=1S/C37H37N3O4/c1-37(2,36(43)40-20-18-26(19-21-40)22-33(41)44-25-28-8-4-3-5-9-28)34(32-17-16-29-10-6-7-11-31(29)23-32)39-35(42)30-14-12-27(24-38)13-15-30/h3-17,23,26,34H,18-22,25H2,1-2H3,(H,39,42). The number of hydrogen-bond acceptors (Lipinski definition) is 5. The first kappa shape index (κ1) is 30.5. The van der Waals surface area contributed by atoms with Crippen molar-refractivity contribution in [2.45, 2.75) is 45.8 Å². The van der Waals surface area contributed by atoms with Crippen molar-refractivity contribution in [3.8, 4) is 6.07 Å². The van der Waals surface area contributed by atoms with E-state index in [9.17, 15) is 14.4 Å². The lowest BCUT2D eigenvalue weighted by Gasteiger charge is -2.41. The van der Waals surface area contributed by atoms with E-state index < -0.39 is 11.5 Å². The summed E-state index contributed by atoms with van der Waals surface area (Å²) in [6.45, 7) is 5.08. The highest BCUT2D eigenvalue weighted by Gasteiger charge is 2.42. The number of esters is 1. The molecule has 0 spiro atoms. The normalized spacial score (nSPS) is 14.4. The fraction of sp³-hybridized carbons (Fsp3) is 0.297. The van der Waals surface area contributed by atoms with E-state index in [-0.39, 0.29) is 30.3 Å². The van der Waals surface area contributed by atoms with Crippen LogP contribution < -0.4 is 5.32 Å².